The number of hydrogen-bond donors (Lipinski definition) is 3. The maximum Gasteiger partial charge on any atom is 0.316 e. The summed E-state index contributed by atoms with van der Waals surface area (Å²) in [6.45, 7) is 1.89. The average Bonchev–Trinajstić information content (AvgIpc) is 3.30. The summed E-state index contributed by atoms with van der Waals surface area (Å²) in [5.41, 5.74) is 1.07. The van der Waals surface area contributed by atoms with Crippen LogP contribution >= 0.6 is 0 Å². The summed E-state index contributed by atoms with van der Waals surface area (Å²) >= 11 is 0. The molecule has 0 amide bonds. The summed E-state index contributed by atoms with van der Waals surface area (Å²) in [6, 6.07) is 14.3. The molecule has 1 heterocycles. The van der Waals surface area contributed by atoms with Crippen molar-refractivity contribution < 1.29 is 27.6 Å². The van der Waals surface area contributed by atoms with Gasteiger partial charge in [0.25, 0.3) is 10.0 Å². The Balaban J connectivity index is 1.71. The molecule has 3 aromatic carbocycles. The number of aliphatic carboxylic acids is 1. The third kappa shape index (κ3) is 4.42. The Labute approximate surface area is 188 Å². The Kier molecular flexibility index (Phi) is 6.07. The van der Waals surface area contributed by atoms with Crippen LogP contribution in [0.15, 0.2) is 64.4 Å². The lowest BCUT2D eigenvalue weighted by Gasteiger charge is -2.18. The van der Waals surface area contributed by atoms with Crippen molar-refractivity contribution in [3.05, 3.63) is 54.6 Å². The van der Waals surface area contributed by atoms with Crippen LogP contribution in [0.2, 0.25) is 0 Å². The fraction of sp³-hybridized carbons (Fsp3) is 0.227. The standard InChI is InChI=1S/C22H22N2O6S2/c25-21(26)14-31(28)20-13-19(17-5-1-2-6-18(17)22(20)27)23-32(29,30)16-9-7-15(8-10-16)24-11-3-4-12-24/h1-2,5-10,13,23,27H,3-4,11-12,14H2,(H,25,26). The van der Waals surface area contributed by atoms with E-state index in [1.54, 1.807) is 36.4 Å². The van der Waals surface area contributed by atoms with Crippen molar-refractivity contribution in [2.75, 3.05) is 28.5 Å². The second-order valence-electron chi connectivity index (χ2n) is 7.49. The molecule has 0 radical (unpaired) electrons. The maximum absolute atomic E-state index is 13.1. The van der Waals surface area contributed by atoms with E-state index in [-0.39, 0.29) is 26.6 Å². The molecule has 0 saturated carbocycles. The number of anilines is 2. The van der Waals surface area contributed by atoms with E-state index in [9.17, 15) is 22.5 Å². The van der Waals surface area contributed by atoms with Crippen LogP contribution in [0.5, 0.6) is 5.75 Å². The van der Waals surface area contributed by atoms with Gasteiger partial charge in [0.15, 0.2) is 0 Å². The molecule has 3 N–H and O–H groups in total. The maximum atomic E-state index is 13.1. The number of fused-ring (bicyclic) bond motifs is 1. The fourth-order valence-electron chi connectivity index (χ4n) is 3.80. The first-order valence-corrected chi connectivity index (χ1v) is 12.8. The highest BCUT2D eigenvalue weighted by atomic mass is 32.2. The van der Waals surface area contributed by atoms with Crippen molar-refractivity contribution in [3.63, 3.8) is 0 Å². The van der Waals surface area contributed by atoms with Gasteiger partial charge in [-0.2, -0.15) is 0 Å². The molecule has 1 saturated heterocycles. The van der Waals surface area contributed by atoms with Crippen LogP contribution in [-0.2, 0) is 25.6 Å². The highest BCUT2D eigenvalue weighted by Gasteiger charge is 2.22. The van der Waals surface area contributed by atoms with Gasteiger partial charge in [-0.05, 0) is 43.2 Å². The Morgan fingerprint density at radius 2 is 1.66 bits per heavy atom. The number of benzene rings is 3. The van der Waals surface area contributed by atoms with Crippen LogP contribution in [-0.4, -0.2) is 47.7 Å². The molecule has 10 heteroatoms. The molecule has 32 heavy (non-hydrogen) atoms. The van der Waals surface area contributed by atoms with E-state index in [0.29, 0.717) is 5.39 Å². The van der Waals surface area contributed by atoms with Crippen molar-refractivity contribution in [2.24, 2.45) is 0 Å². The second kappa shape index (κ2) is 8.79. The van der Waals surface area contributed by atoms with Crippen LogP contribution < -0.4 is 9.62 Å². The molecular formula is C22H22N2O6S2. The molecule has 1 fully saturated rings. The van der Waals surface area contributed by atoms with Gasteiger partial charge in [0, 0.05) is 29.5 Å². The van der Waals surface area contributed by atoms with Crippen molar-refractivity contribution in [1.82, 2.24) is 0 Å². The van der Waals surface area contributed by atoms with Gasteiger partial charge in [-0.15, -0.1) is 0 Å². The summed E-state index contributed by atoms with van der Waals surface area (Å²) in [7, 11) is -6.05. The van der Waals surface area contributed by atoms with Crippen molar-refractivity contribution in [1.29, 1.82) is 0 Å². The predicted octanol–water partition coefficient (Wildman–Crippen LogP) is 3.14. The number of sulfonamides is 1. The van der Waals surface area contributed by atoms with Gasteiger partial charge in [-0.3, -0.25) is 13.7 Å². The topological polar surface area (TPSA) is 124 Å². The highest BCUT2D eigenvalue weighted by Crippen LogP contribution is 2.37. The SMILES string of the molecule is O=C(O)CS(=O)c1cc(NS(=O)(=O)c2ccc(N3CCCC3)cc2)c2ccccc2c1O. The van der Waals surface area contributed by atoms with Gasteiger partial charge in [0.05, 0.1) is 26.3 Å². The fourth-order valence-corrected chi connectivity index (χ4v) is 5.82. The summed E-state index contributed by atoms with van der Waals surface area (Å²) < 4.78 is 41.1. The lowest BCUT2D eigenvalue weighted by molar-refractivity contribution is -0.133. The smallest absolute Gasteiger partial charge is 0.316 e. The van der Waals surface area contributed by atoms with E-state index in [4.69, 9.17) is 5.11 Å². The van der Waals surface area contributed by atoms with Gasteiger partial charge in [-0.1, -0.05) is 24.3 Å². The molecule has 1 aliphatic rings. The Morgan fingerprint density at radius 3 is 2.28 bits per heavy atom. The number of rotatable bonds is 7. The molecule has 3 aromatic rings. The van der Waals surface area contributed by atoms with Gasteiger partial charge >= 0.3 is 5.97 Å². The molecular weight excluding hydrogens is 452 g/mol. The third-order valence-electron chi connectivity index (χ3n) is 5.34. The van der Waals surface area contributed by atoms with Crippen LogP contribution in [0.3, 0.4) is 0 Å². The molecule has 1 aliphatic heterocycles. The lowest BCUT2D eigenvalue weighted by Crippen LogP contribution is -2.18. The van der Waals surface area contributed by atoms with Crippen LogP contribution in [0.25, 0.3) is 10.8 Å². The van der Waals surface area contributed by atoms with E-state index in [0.717, 1.165) is 31.6 Å². The molecule has 0 spiro atoms. The first kappa shape index (κ1) is 22.1. The zero-order valence-electron chi connectivity index (χ0n) is 17.0. The van der Waals surface area contributed by atoms with Crippen molar-refractivity contribution in [3.8, 4) is 5.75 Å². The van der Waals surface area contributed by atoms with Crippen LogP contribution in [0.1, 0.15) is 12.8 Å². The minimum absolute atomic E-state index is 0.0609. The van der Waals surface area contributed by atoms with Crippen molar-refractivity contribution in [2.45, 2.75) is 22.6 Å². The Morgan fingerprint density at radius 1 is 1.03 bits per heavy atom. The quantitative estimate of drug-likeness (QED) is 0.449. The Hall–Kier alpha value is -3.11. The minimum atomic E-state index is -3.99. The van der Waals surface area contributed by atoms with E-state index in [1.165, 1.54) is 18.2 Å². The number of phenols is 1. The van der Waals surface area contributed by atoms with E-state index < -0.39 is 32.5 Å². The third-order valence-corrected chi connectivity index (χ3v) is 8.04. The van der Waals surface area contributed by atoms with Crippen LogP contribution in [0, 0.1) is 0 Å². The number of aromatic hydroxyl groups is 1. The second-order valence-corrected chi connectivity index (χ2v) is 10.6. The summed E-state index contributed by atoms with van der Waals surface area (Å²) in [6.07, 6.45) is 2.22. The predicted molar refractivity (Wildman–Crippen MR) is 123 cm³/mol. The molecule has 168 valence electrons. The largest absolute Gasteiger partial charge is 0.506 e. The minimum Gasteiger partial charge on any atom is -0.506 e. The summed E-state index contributed by atoms with van der Waals surface area (Å²) in [5.74, 6) is -2.34. The zero-order chi connectivity index (χ0) is 22.9. The van der Waals surface area contributed by atoms with Gasteiger partial charge < -0.3 is 15.1 Å². The Bertz CT molecular complexity index is 1300. The van der Waals surface area contributed by atoms with Gasteiger partial charge in [0.2, 0.25) is 0 Å². The average molecular weight is 475 g/mol. The molecule has 0 aromatic heterocycles. The molecule has 8 nitrogen and oxygen atoms in total. The lowest BCUT2D eigenvalue weighted by atomic mass is 10.1. The summed E-state index contributed by atoms with van der Waals surface area (Å²) in [5, 5.41) is 20.2. The monoisotopic (exact) mass is 474 g/mol. The number of carboxylic acid groups (broad SMARTS) is 1. The van der Waals surface area contributed by atoms with E-state index in [2.05, 4.69) is 9.62 Å². The molecule has 4 rings (SSSR count). The first-order valence-electron chi connectivity index (χ1n) is 9.99. The number of hydrogen-bond acceptors (Lipinski definition) is 6. The number of nitrogens with one attached hydrogen (secondary N) is 1. The number of nitrogens with zero attached hydrogens (tertiary/aromatic N) is 1. The highest BCUT2D eigenvalue weighted by molar-refractivity contribution is 7.92. The van der Waals surface area contributed by atoms with Crippen LogP contribution in [0.4, 0.5) is 11.4 Å². The van der Waals surface area contributed by atoms with Gasteiger partial charge in [0.1, 0.15) is 11.5 Å². The van der Waals surface area contributed by atoms with E-state index in [1.807, 2.05) is 0 Å². The molecule has 0 bridgehead atoms. The molecule has 1 unspecified atom stereocenters. The summed E-state index contributed by atoms with van der Waals surface area (Å²) in [4.78, 5) is 13.1. The molecule has 1 atom stereocenters. The first-order chi connectivity index (χ1) is 15.3. The normalized spacial score (nSPS) is 15.1. The number of carbonyl (C=O) groups is 1. The number of phenolic OH excluding ortho intramolecular Hbond substituents is 1. The molecule has 0 aliphatic carbocycles. The van der Waals surface area contributed by atoms with E-state index >= 15 is 0 Å². The van der Waals surface area contributed by atoms with Gasteiger partial charge in [-0.25, -0.2) is 8.42 Å². The zero-order valence-corrected chi connectivity index (χ0v) is 18.7. The van der Waals surface area contributed by atoms with Crippen molar-refractivity contribution >= 4 is 48.9 Å². The number of carboxylic acids is 1.